The summed E-state index contributed by atoms with van der Waals surface area (Å²) < 4.78 is 0. The molecule has 110 valence electrons. The molecule has 0 aromatic heterocycles. The van der Waals surface area contributed by atoms with Gasteiger partial charge in [-0.15, -0.1) is 0 Å². The smallest absolute Gasteiger partial charge is 0.251 e. The summed E-state index contributed by atoms with van der Waals surface area (Å²) in [6.45, 7) is 6.74. The van der Waals surface area contributed by atoms with E-state index in [2.05, 4.69) is 16.0 Å². The first-order valence-corrected chi connectivity index (χ1v) is 6.94. The highest BCUT2D eigenvalue weighted by Crippen LogP contribution is 2.09. The number of hydrogen-bond donors (Lipinski definition) is 3. The zero-order valence-electron chi connectivity index (χ0n) is 12.3. The fourth-order valence-corrected chi connectivity index (χ4v) is 1.64. The van der Waals surface area contributed by atoms with Crippen molar-refractivity contribution in [2.24, 2.45) is 0 Å². The summed E-state index contributed by atoms with van der Waals surface area (Å²) in [5, 5.41) is 8.63. The first-order chi connectivity index (χ1) is 9.52. The molecule has 5 nitrogen and oxygen atoms in total. The Kier molecular flexibility index (Phi) is 6.56. The summed E-state index contributed by atoms with van der Waals surface area (Å²) >= 11 is 0. The van der Waals surface area contributed by atoms with Crippen LogP contribution in [0.3, 0.4) is 0 Å². The minimum absolute atomic E-state index is 0.0511. The lowest BCUT2D eigenvalue weighted by Gasteiger charge is -2.10. The van der Waals surface area contributed by atoms with Crippen molar-refractivity contribution in [2.45, 2.75) is 33.2 Å². The molecular weight excluding hydrogens is 254 g/mol. The van der Waals surface area contributed by atoms with Crippen LogP contribution in [0.4, 0.5) is 5.69 Å². The predicted octanol–water partition coefficient (Wildman–Crippen LogP) is 1.76. The van der Waals surface area contributed by atoms with Gasteiger partial charge >= 0.3 is 0 Å². The summed E-state index contributed by atoms with van der Waals surface area (Å²) in [5.41, 5.74) is 1.44. The normalized spacial score (nSPS) is 10.2. The number of rotatable bonds is 7. The van der Waals surface area contributed by atoms with Gasteiger partial charge in [-0.25, -0.2) is 0 Å². The number of hydrogen-bond acceptors (Lipinski definition) is 3. The van der Waals surface area contributed by atoms with Crippen LogP contribution in [-0.2, 0) is 4.79 Å². The molecule has 0 bridgehead atoms. The summed E-state index contributed by atoms with van der Waals surface area (Å²) in [6.07, 6.45) is 0.913. The van der Waals surface area contributed by atoms with E-state index in [0.717, 1.165) is 12.1 Å². The highest BCUT2D eigenvalue weighted by molar-refractivity contribution is 5.94. The molecule has 3 N–H and O–H groups in total. The average Bonchev–Trinajstić information content (AvgIpc) is 2.42. The molecule has 0 aliphatic carbocycles. The molecule has 0 saturated heterocycles. The van der Waals surface area contributed by atoms with Gasteiger partial charge in [0.2, 0.25) is 5.91 Å². The minimum Gasteiger partial charge on any atom is -0.376 e. The maximum absolute atomic E-state index is 11.7. The van der Waals surface area contributed by atoms with Crippen molar-refractivity contribution in [3.8, 4) is 0 Å². The maximum atomic E-state index is 11.7. The molecule has 1 aromatic rings. The van der Waals surface area contributed by atoms with Gasteiger partial charge in [-0.1, -0.05) is 6.92 Å². The van der Waals surface area contributed by atoms with Crippen molar-refractivity contribution in [3.63, 3.8) is 0 Å². The monoisotopic (exact) mass is 277 g/mol. The molecule has 0 heterocycles. The summed E-state index contributed by atoms with van der Waals surface area (Å²) in [7, 11) is 0. The van der Waals surface area contributed by atoms with Gasteiger partial charge < -0.3 is 16.0 Å². The topological polar surface area (TPSA) is 70.2 Å². The van der Waals surface area contributed by atoms with E-state index >= 15 is 0 Å². The Morgan fingerprint density at radius 3 is 2.35 bits per heavy atom. The number of amides is 2. The molecule has 0 fully saturated rings. The molecule has 1 rings (SSSR count). The van der Waals surface area contributed by atoms with E-state index in [1.54, 1.807) is 24.3 Å². The fraction of sp³-hybridized carbons (Fsp3) is 0.467. The average molecular weight is 277 g/mol. The summed E-state index contributed by atoms with van der Waals surface area (Å²) in [6, 6.07) is 7.21. The third kappa shape index (κ3) is 5.73. The second-order valence-electron chi connectivity index (χ2n) is 4.91. The number of carbonyl (C=O) groups is 2. The molecule has 20 heavy (non-hydrogen) atoms. The van der Waals surface area contributed by atoms with Gasteiger partial charge in [0.05, 0.1) is 6.54 Å². The standard InChI is InChI=1S/C15H23N3O2/c1-4-9-16-15(20)12-5-7-13(8-6-12)17-10-14(19)18-11(2)3/h5-8,11,17H,4,9-10H2,1-3H3,(H,16,20)(H,18,19). The van der Waals surface area contributed by atoms with E-state index < -0.39 is 0 Å². The number of nitrogens with one attached hydrogen (secondary N) is 3. The van der Waals surface area contributed by atoms with Crippen LogP contribution in [0.5, 0.6) is 0 Å². The van der Waals surface area contributed by atoms with Gasteiger partial charge in [0.25, 0.3) is 5.91 Å². The highest BCUT2D eigenvalue weighted by atomic mass is 16.2. The quantitative estimate of drug-likeness (QED) is 0.711. The molecule has 0 aliphatic heterocycles. The molecular formula is C15H23N3O2. The molecule has 0 unspecified atom stereocenters. The number of benzene rings is 1. The molecule has 0 radical (unpaired) electrons. The van der Waals surface area contributed by atoms with Crippen molar-refractivity contribution >= 4 is 17.5 Å². The number of carbonyl (C=O) groups excluding carboxylic acids is 2. The Labute approximate surface area is 120 Å². The molecule has 0 spiro atoms. The van der Waals surface area contributed by atoms with Crippen LogP contribution in [0.1, 0.15) is 37.6 Å². The van der Waals surface area contributed by atoms with Gasteiger partial charge in [0.1, 0.15) is 0 Å². The maximum Gasteiger partial charge on any atom is 0.251 e. The van der Waals surface area contributed by atoms with E-state index in [9.17, 15) is 9.59 Å². The Balaban J connectivity index is 2.46. The highest BCUT2D eigenvalue weighted by Gasteiger charge is 2.05. The van der Waals surface area contributed by atoms with Crippen molar-refractivity contribution in [1.29, 1.82) is 0 Å². The Bertz CT molecular complexity index is 441. The first-order valence-electron chi connectivity index (χ1n) is 6.94. The minimum atomic E-state index is -0.0732. The largest absolute Gasteiger partial charge is 0.376 e. The van der Waals surface area contributed by atoms with Crippen molar-refractivity contribution < 1.29 is 9.59 Å². The molecule has 0 saturated carbocycles. The van der Waals surface area contributed by atoms with Crippen LogP contribution in [0.2, 0.25) is 0 Å². The van der Waals surface area contributed by atoms with Gasteiger partial charge in [-0.05, 0) is 44.5 Å². The Morgan fingerprint density at radius 1 is 1.15 bits per heavy atom. The second kappa shape index (κ2) is 8.19. The molecule has 0 atom stereocenters. The van der Waals surface area contributed by atoms with Gasteiger partial charge in [0, 0.05) is 23.8 Å². The van der Waals surface area contributed by atoms with Crippen LogP contribution in [0.25, 0.3) is 0 Å². The zero-order valence-corrected chi connectivity index (χ0v) is 12.3. The predicted molar refractivity (Wildman–Crippen MR) is 80.8 cm³/mol. The third-order valence-electron chi connectivity index (χ3n) is 2.59. The van der Waals surface area contributed by atoms with Crippen LogP contribution in [0.15, 0.2) is 24.3 Å². The van der Waals surface area contributed by atoms with E-state index in [4.69, 9.17) is 0 Å². The van der Waals surface area contributed by atoms with Gasteiger partial charge in [-0.3, -0.25) is 9.59 Å². The lowest BCUT2D eigenvalue weighted by molar-refractivity contribution is -0.119. The van der Waals surface area contributed by atoms with Crippen LogP contribution >= 0.6 is 0 Å². The SMILES string of the molecule is CCCNC(=O)c1ccc(NCC(=O)NC(C)C)cc1. The van der Waals surface area contributed by atoms with E-state index in [-0.39, 0.29) is 24.4 Å². The van der Waals surface area contributed by atoms with E-state index in [0.29, 0.717) is 12.1 Å². The Morgan fingerprint density at radius 2 is 1.80 bits per heavy atom. The van der Waals surface area contributed by atoms with Crippen molar-refractivity contribution in [2.75, 3.05) is 18.4 Å². The Hall–Kier alpha value is -2.04. The molecule has 2 amide bonds. The van der Waals surface area contributed by atoms with Crippen LogP contribution < -0.4 is 16.0 Å². The van der Waals surface area contributed by atoms with Crippen LogP contribution in [0, 0.1) is 0 Å². The lowest BCUT2D eigenvalue weighted by Crippen LogP contribution is -2.34. The zero-order chi connectivity index (χ0) is 15.0. The number of anilines is 1. The van der Waals surface area contributed by atoms with Gasteiger partial charge in [0.15, 0.2) is 0 Å². The van der Waals surface area contributed by atoms with Crippen molar-refractivity contribution in [1.82, 2.24) is 10.6 Å². The van der Waals surface area contributed by atoms with E-state index in [1.807, 2.05) is 20.8 Å². The summed E-state index contributed by atoms with van der Waals surface area (Å²) in [4.78, 5) is 23.2. The fourth-order valence-electron chi connectivity index (χ4n) is 1.64. The van der Waals surface area contributed by atoms with Gasteiger partial charge in [-0.2, -0.15) is 0 Å². The third-order valence-corrected chi connectivity index (χ3v) is 2.59. The molecule has 1 aromatic carbocycles. The summed E-state index contributed by atoms with van der Waals surface area (Å²) in [5.74, 6) is -0.124. The molecule has 0 aliphatic rings. The van der Waals surface area contributed by atoms with E-state index in [1.165, 1.54) is 0 Å². The van der Waals surface area contributed by atoms with Crippen LogP contribution in [-0.4, -0.2) is 30.9 Å². The molecule has 5 heteroatoms. The van der Waals surface area contributed by atoms with Crippen molar-refractivity contribution in [3.05, 3.63) is 29.8 Å². The first kappa shape index (κ1) is 16.0. The second-order valence-corrected chi connectivity index (χ2v) is 4.91. The lowest BCUT2D eigenvalue weighted by atomic mass is 10.2.